The van der Waals surface area contributed by atoms with Crippen molar-refractivity contribution in [3.8, 4) is 5.88 Å². The van der Waals surface area contributed by atoms with Crippen LogP contribution >= 0.6 is 11.6 Å². The molecule has 0 radical (unpaired) electrons. The Labute approximate surface area is 120 Å². The largest absolute Gasteiger partial charge is 0.481 e. The Hall–Kier alpha value is -2.41. The van der Waals surface area contributed by atoms with Crippen LogP contribution in [0.1, 0.15) is 16.1 Å². The second-order valence-corrected chi connectivity index (χ2v) is 4.31. The smallest absolute Gasteiger partial charge is 0.260 e. The number of nitrogens with zero attached hydrogens (tertiary/aromatic N) is 3. The lowest BCUT2D eigenvalue weighted by molar-refractivity contribution is 0.102. The van der Waals surface area contributed by atoms with Crippen molar-refractivity contribution >= 4 is 29.1 Å². The molecule has 2 aromatic rings. The quantitative estimate of drug-likeness (QED) is 0.835. The number of pyridine rings is 1. The first kappa shape index (κ1) is 14.0. The van der Waals surface area contributed by atoms with Gasteiger partial charge in [0.05, 0.1) is 24.6 Å². The zero-order chi connectivity index (χ0) is 14.7. The third-order valence-corrected chi connectivity index (χ3v) is 2.62. The number of hydrogen-bond donors (Lipinski definition) is 2. The van der Waals surface area contributed by atoms with Gasteiger partial charge in [0.25, 0.3) is 5.91 Å². The molecule has 0 unspecified atom stereocenters. The SMILES string of the molecule is COc1cc(C)nc(NC(=O)c2cc(Cl)ncc2N)n1. The van der Waals surface area contributed by atoms with Crippen molar-refractivity contribution in [3.63, 3.8) is 0 Å². The predicted molar refractivity (Wildman–Crippen MR) is 74.9 cm³/mol. The van der Waals surface area contributed by atoms with Crippen molar-refractivity contribution in [2.24, 2.45) is 0 Å². The molecule has 2 aromatic heterocycles. The lowest BCUT2D eigenvalue weighted by Gasteiger charge is -2.08. The van der Waals surface area contributed by atoms with Crippen LogP contribution in [0.25, 0.3) is 0 Å². The van der Waals surface area contributed by atoms with E-state index in [9.17, 15) is 4.79 Å². The molecule has 0 saturated carbocycles. The van der Waals surface area contributed by atoms with E-state index < -0.39 is 5.91 Å². The standard InChI is InChI=1S/C12H12ClN5O2/c1-6-3-10(20-2)17-12(16-6)18-11(19)7-4-9(13)15-5-8(7)14/h3-5H,14H2,1-2H3,(H,16,17,18,19). The van der Waals surface area contributed by atoms with Crippen LogP contribution in [-0.2, 0) is 0 Å². The third-order valence-electron chi connectivity index (χ3n) is 2.41. The molecule has 3 N–H and O–H groups in total. The van der Waals surface area contributed by atoms with Gasteiger partial charge in [-0.1, -0.05) is 11.6 Å². The molecule has 0 atom stereocenters. The Morgan fingerprint density at radius 2 is 2.15 bits per heavy atom. The van der Waals surface area contributed by atoms with Crippen molar-refractivity contribution in [3.05, 3.63) is 34.7 Å². The minimum atomic E-state index is -0.473. The van der Waals surface area contributed by atoms with E-state index in [0.29, 0.717) is 11.6 Å². The first-order valence-corrected chi connectivity index (χ1v) is 5.99. The molecule has 7 nitrogen and oxygen atoms in total. The van der Waals surface area contributed by atoms with Gasteiger partial charge in [-0.25, -0.2) is 9.97 Å². The summed E-state index contributed by atoms with van der Waals surface area (Å²) in [6.07, 6.45) is 1.31. The van der Waals surface area contributed by atoms with E-state index in [-0.39, 0.29) is 22.4 Å². The summed E-state index contributed by atoms with van der Waals surface area (Å²) < 4.78 is 5.01. The Morgan fingerprint density at radius 1 is 1.40 bits per heavy atom. The minimum absolute atomic E-state index is 0.124. The second kappa shape index (κ2) is 5.70. The van der Waals surface area contributed by atoms with Gasteiger partial charge in [0.1, 0.15) is 5.15 Å². The summed E-state index contributed by atoms with van der Waals surface area (Å²) in [5.74, 6) is 0.00664. The van der Waals surface area contributed by atoms with E-state index in [1.54, 1.807) is 13.0 Å². The molecule has 8 heteroatoms. The number of rotatable bonds is 3. The Kier molecular flexibility index (Phi) is 3.99. The Bertz CT molecular complexity index is 662. The number of anilines is 2. The molecule has 0 saturated heterocycles. The lowest BCUT2D eigenvalue weighted by atomic mass is 10.2. The summed E-state index contributed by atoms with van der Waals surface area (Å²) >= 11 is 5.74. The first-order valence-electron chi connectivity index (χ1n) is 5.61. The molecule has 0 aliphatic heterocycles. The third kappa shape index (κ3) is 3.12. The average molecular weight is 294 g/mol. The maximum Gasteiger partial charge on any atom is 0.260 e. The van der Waals surface area contributed by atoms with Crippen LogP contribution in [0.15, 0.2) is 18.3 Å². The number of carbonyl (C=O) groups excluding carboxylic acids is 1. The molecule has 0 fully saturated rings. The lowest BCUT2D eigenvalue weighted by Crippen LogP contribution is -2.16. The maximum atomic E-state index is 12.1. The fraction of sp³-hybridized carbons (Fsp3) is 0.167. The number of carbonyl (C=O) groups is 1. The first-order chi connectivity index (χ1) is 9.49. The molecule has 0 aliphatic carbocycles. The van der Waals surface area contributed by atoms with Crippen molar-refractivity contribution in [1.29, 1.82) is 0 Å². The monoisotopic (exact) mass is 293 g/mol. The Morgan fingerprint density at radius 3 is 2.85 bits per heavy atom. The van der Waals surface area contributed by atoms with Crippen molar-refractivity contribution in [2.75, 3.05) is 18.2 Å². The number of nitrogen functional groups attached to an aromatic ring is 1. The summed E-state index contributed by atoms with van der Waals surface area (Å²) in [6.45, 7) is 1.76. The number of aromatic nitrogens is 3. The Balaban J connectivity index is 2.27. The number of nitrogens with one attached hydrogen (secondary N) is 1. The minimum Gasteiger partial charge on any atom is -0.481 e. The van der Waals surface area contributed by atoms with E-state index in [0.717, 1.165) is 0 Å². The van der Waals surface area contributed by atoms with Gasteiger partial charge in [0.2, 0.25) is 11.8 Å². The molecule has 20 heavy (non-hydrogen) atoms. The zero-order valence-corrected chi connectivity index (χ0v) is 11.6. The van der Waals surface area contributed by atoms with Crippen LogP contribution in [0.4, 0.5) is 11.6 Å². The molecule has 0 bridgehead atoms. The van der Waals surface area contributed by atoms with E-state index >= 15 is 0 Å². The van der Waals surface area contributed by atoms with Crippen LogP contribution in [0, 0.1) is 6.92 Å². The van der Waals surface area contributed by atoms with Crippen LogP contribution in [0.2, 0.25) is 5.15 Å². The highest BCUT2D eigenvalue weighted by atomic mass is 35.5. The van der Waals surface area contributed by atoms with Gasteiger partial charge in [-0.2, -0.15) is 4.98 Å². The normalized spacial score (nSPS) is 10.2. The van der Waals surface area contributed by atoms with Gasteiger partial charge < -0.3 is 10.5 Å². The van der Waals surface area contributed by atoms with Gasteiger partial charge >= 0.3 is 0 Å². The van der Waals surface area contributed by atoms with E-state index in [1.807, 2.05) is 0 Å². The van der Waals surface area contributed by atoms with Gasteiger partial charge in [-0.05, 0) is 13.0 Å². The van der Waals surface area contributed by atoms with Crippen LogP contribution in [0.5, 0.6) is 5.88 Å². The summed E-state index contributed by atoms with van der Waals surface area (Å²) in [5.41, 5.74) is 6.76. The second-order valence-electron chi connectivity index (χ2n) is 3.92. The zero-order valence-electron chi connectivity index (χ0n) is 10.8. The molecule has 2 rings (SSSR count). The summed E-state index contributed by atoms with van der Waals surface area (Å²) in [5, 5.41) is 2.71. The molecule has 0 spiro atoms. The number of aryl methyl sites for hydroxylation is 1. The van der Waals surface area contributed by atoms with Crippen LogP contribution in [-0.4, -0.2) is 28.0 Å². The maximum absolute atomic E-state index is 12.1. The van der Waals surface area contributed by atoms with Gasteiger partial charge in [-0.15, -0.1) is 0 Å². The molecular formula is C12H12ClN5O2. The molecule has 104 valence electrons. The van der Waals surface area contributed by atoms with Gasteiger partial charge in [-0.3, -0.25) is 10.1 Å². The van der Waals surface area contributed by atoms with Gasteiger partial charge in [0.15, 0.2) is 0 Å². The molecule has 0 aliphatic rings. The fourth-order valence-electron chi connectivity index (χ4n) is 1.51. The molecular weight excluding hydrogens is 282 g/mol. The highest BCUT2D eigenvalue weighted by molar-refractivity contribution is 6.30. The molecule has 1 amide bonds. The number of hydrogen-bond acceptors (Lipinski definition) is 6. The highest BCUT2D eigenvalue weighted by Crippen LogP contribution is 2.17. The van der Waals surface area contributed by atoms with Crippen molar-refractivity contribution < 1.29 is 9.53 Å². The molecule has 0 aromatic carbocycles. The predicted octanol–water partition coefficient (Wildman–Crippen LogP) is 1.68. The van der Waals surface area contributed by atoms with Crippen molar-refractivity contribution in [2.45, 2.75) is 6.92 Å². The number of ether oxygens (including phenoxy) is 1. The van der Waals surface area contributed by atoms with E-state index in [1.165, 1.54) is 19.4 Å². The van der Waals surface area contributed by atoms with Crippen LogP contribution in [0.3, 0.4) is 0 Å². The van der Waals surface area contributed by atoms with E-state index in [4.69, 9.17) is 22.1 Å². The highest BCUT2D eigenvalue weighted by Gasteiger charge is 2.13. The van der Waals surface area contributed by atoms with E-state index in [2.05, 4.69) is 20.3 Å². The summed E-state index contributed by atoms with van der Waals surface area (Å²) in [6, 6.07) is 3.02. The summed E-state index contributed by atoms with van der Waals surface area (Å²) in [4.78, 5) is 24.0. The average Bonchev–Trinajstić information content (AvgIpc) is 2.40. The topological polar surface area (TPSA) is 103 Å². The number of amides is 1. The van der Waals surface area contributed by atoms with Crippen LogP contribution < -0.4 is 15.8 Å². The summed E-state index contributed by atoms with van der Waals surface area (Å²) in [7, 11) is 1.48. The number of nitrogens with two attached hydrogens (primary N) is 1. The van der Waals surface area contributed by atoms with Gasteiger partial charge in [0, 0.05) is 11.8 Å². The fourth-order valence-corrected chi connectivity index (χ4v) is 1.66. The molecule has 2 heterocycles. The number of halogens is 1. The number of methoxy groups -OCH3 is 1. The van der Waals surface area contributed by atoms with Crippen molar-refractivity contribution in [1.82, 2.24) is 15.0 Å².